The Morgan fingerprint density at radius 2 is 0.903 bits per heavy atom. The van der Waals surface area contributed by atoms with Crippen LogP contribution in [-0.2, 0) is 33.2 Å². The first-order valence-corrected chi connectivity index (χ1v) is 27.7. The van der Waals surface area contributed by atoms with Crippen LogP contribution < -0.4 is 0 Å². The average molecular weight is 1020 g/mol. The summed E-state index contributed by atoms with van der Waals surface area (Å²) in [5.41, 5.74) is 0. The SMILES string of the molecule is CC/C=C\C/C=C\C/C=C\C/C=C\C/C=C\CCCCCCCCCC(=O)OC(COCCCCCCCC/C=C\C/C=C\CCCC)COC1OC(COC2OC(CO)C(O)C(O)C2O)C(O)C(O)C1O. The minimum Gasteiger partial charge on any atom is -0.457 e. The Balaban J connectivity index is 1.74. The first-order valence-electron chi connectivity index (χ1n) is 27.7. The van der Waals surface area contributed by atoms with Gasteiger partial charge in [0, 0.05) is 13.0 Å². The van der Waals surface area contributed by atoms with E-state index in [9.17, 15) is 40.5 Å². The molecule has 11 atom stereocenters. The van der Waals surface area contributed by atoms with Gasteiger partial charge in [-0.05, 0) is 83.5 Å². The second-order valence-electron chi connectivity index (χ2n) is 19.0. The molecule has 2 fully saturated rings. The van der Waals surface area contributed by atoms with Crippen LogP contribution in [0.15, 0.2) is 85.1 Å². The van der Waals surface area contributed by atoms with Crippen LogP contribution in [0, 0.1) is 0 Å². The molecule has 0 saturated carbocycles. The number of carbonyl (C=O) groups is 1. The van der Waals surface area contributed by atoms with Gasteiger partial charge in [0.15, 0.2) is 12.6 Å². The normalized spacial score (nSPS) is 25.8. The molecule has 2 aliphatic rings. The van der Waals surface area contributed by atoms with Gasteiger partial charge in [-0.1, -0.05) is 170 Å². The van der Waals surface area contributed by atoms with Crippen LogP contribution in [0.3, 0.4) is 0 Å². The summed E-state index contributed by atoms with van der Waals surface area (Å²) in [6, 6.07) is 0. The molecule has 0 aliphatic carbocycles. The van der Waals surface area contributed by atoms with Crippen molar-refractivity contribution in [3.63, 3.8) is 0 Å². The van der Waals surface area contributed by atoms with Gasteiger partial charge in [0.2, 0.25) is 0 Å². The van der Waals surface area contributed by atoms with Gasteiger partial charge in [0.25, 0.3) is 0 Å². The number of rotatable bonds is 43. The highest BCUT2D eigenvalue weighted by Gasteiger charge is 2.47. The van der Waals surface area contributed by atoms with Crippen molar-refractivity contribution >= 4 is 5.97 Å². The Kier molecular flexibility index (Phi) is 40.3. The fourth-order valence-electron chi connectivity index (χ4n) is 8.15. The molecule has 0 bridgehead atoms. The average Bonchev–Trinajstić information content (AvgIpc) is 3.38. The lowest BCUT2D eigenvalue weighted by Crippen LogP contribution is -2.61. The summed E-state index contributed by atoms with van der Waals surface area (Å²) in [5.74, 6) is -0.395. The zero-order valence-electron chi connectivity index (χ0n) is 44.1. The maximum atomic E-state index is 13.1. The molecule has 14 nitrogen and oxygen atoms in total. The summed E-state index contributed by atoms with van der Waals surface area (Å²) in [7, 11) is 0. The summed E-state index contributed by atoms with van der Waals surface area (Å²) in [6.45, 7) is 3.48. The summed E-state index contributed by atoms with van der Waals surface area (Å²) in [5, 5.41) is 72.3. The van der Waals surface area contributed by atoms with Crippen molar-refractivity contribution in [3.8, 4) is 0 Å². The van der Waals surface area contributed by atoms with Crippen LogP contribution in [0.5, 0.6) is 0 Å². The molecule has 2 rings (SSSR count). The van der Waals surface area contributed by atoms with Gasteiger partial charge < -0.3 is 64.2 Å². The first kappa shape index (κ1) is 65.3. The molecule has 14 heteroatoms. The molecule has 2 heterocycles. The second-order valence-corrected chi connectivity index (χ2v) is 19.0. The molecule has 0 aromatic rings. The van der Waals surface area contributed by atoms with E-state index in [1.807, 2.05) is 0 Å². The van der Waals surface area contributed by atoms with E-state index in [1.54, 1.807) is 0 Å². The molecule has 72 heavy (non-hydrogen) atoms. The number of aliphatic hydroxyl groups is 7. The largest absolute Gasteiger partial charge is 0.457 e. The third-order valence-electron chi connectivity index (χ3n) is 12.6. The third kappa shape index (κ3) is 31.1. The van der Waals surface area contributed by atoms with Crippen LogP contribution in [-0.4, -0.2) is 142 Å². The molecule has 0 aromatic heterocycles. The topological polar surface area (TPSA) is 214 Å². The second kappa shape index (κ2) is 44.5. The van der Waals surface area contributed by atoms with Crippen LogP contribution in [0.1, 0.15) is 174 Å². The minimum atomic E-state index is -1.72. The molecular formula is C58H98O14. The lowest BCUT2D eigenvalue weighted by Gasteiger charge is -2.42. The van der Waals surface area contributed by atoms with E-state index in [1.165, 1.54) is 32.1 Å². The highest BCUT2D eigenvalue weighted by molar-refractivity contribution is 5.69. The predicted molar refractivity (Wildman–Crippen MR) is 284 cm³/mol. The van der Waals surface area contributed by atoms with Gasteiger partial charge in [-0.25, -0.2) is 0 Å². The molecule has 0 aromatic carbocycles. The zero-order chi connectivity index (χ0) is 52.3. The van der Waals surface area contributed by atoms with Gasteiger partial charge in [0.1, 0.15) is 54.9 Å². The number of carbonyl (C=O) groups excluding carboxylic acids is 1. The first-order chi connectivity index (χ1) is 35.1. The highest BCUT2D eigenvalue weighted by Crippen LogP contribution is 2.26. The molecule has 0 spiro atoms. The van der Waals surface area contributed by atoms with E-state index in [-0.39, 0.29) is 19.6 Å². The number of allylic oxidation sites excluding steroid dienone is 14. The van der Waals surface area contributed by atoms with Crippen molar-refractivity contribution < 1.29 is 69.0 Å². The highest BCUT2D eigenvalue weighted by atomic mass is 16.7. The quantitative estimate of drug-likeness (QED) is 0.0172. The standard InChI is InChI=1S/C58H98O14/c1-3-5-7-9-11-13-15-17-19-20-21-22-23-24-25-26-27-29-31-33-35-37-39-41-50(60)70-47(44-67-42-40-38-36-34-32-30-28-18-16-14-12-10-8-6-4-2)45-68-57-56(66)54(64)52(62)49(72-57)46-69-58-55(65)53(63)51(61)48(43-59)71-58/h5,7,10-13,16-19,21-22,24-25,47-49,51-59,61-66H,3-4,6,8-9,14-15,20,23,26-46H2,1-2H3/b7-5-,12-10-,13-11-,18-16-,19-17-,22-21-,25-24-. The number of aliphatic hydroxyl groups excluding tert-OH is 7. The summed E-state index contributed by atoms with van der Waals surface area (Å²) >= 11 is 0. The van der Waals surface area contributed by atoms with Crippen molar-refractivity contribution in [2.75, 3.05) is 33.0 Å². The van der Waals surface area contributed by atoms with Crippen LogP contribution in [0.4, 0.5) is 0 Å². The monoisotopic (exact) mass is 1020 g/mol. The molecule has 2 aliphatic heterocycles. The van der Waals surface area contributed by atoms with E-state index < -0.39 is 86.7 Å². The van der Waals surface area contributed by atoms with Gasteiger partial charge in [-0.2, -0.15) is 0 Å². The Bertz CT molecular complexity index is 1510. The Hall–Kier alpha value is -2.83. The molecule has 11 unspecified atom stereocenters. The van der Waals surface area contributed by atoms with Gasteiger partial charge in [0.05, 0.1) is 26.4 Å². The Morgan fingerprint density at radius 1 is 0.472 bits per heavy atom. The van der Waals surface area contributed by atoms with Crippen molar-refractivity contribution in [2.45, 2.75) is 242 Å². The maximum absolute atomic E-state index is 13.1. The van der Waals surface area contributed by atoms with Crippen LogP contribution in [0.25, 0.3) is 0 Å². The van der Waals surface area contributed by atoms with Gasteiger partial charge in [-0.3, -0.25) is 4.79 Å². The Labute approximate surface area is 433 Å². The van der Waals surface area contributed by atoms with Crippen molar-refractivity contribution in [1.82, 2.24) is 0 Å². The fraction of sp³-hybridized carbons (Fsp3) is 0.741. The smallest absolute Gasteiger partial charge is 0.306 e. The predicted octanol–water partition coefficient (Wildman–Crippen LogP) is 9.24. The van der Waals surface area contributed by atoms with E-state index in [0.29, 0.717) is 13.0 Å². The van der Waals surface area contributed by atoms with Gasteiger partial charge in [-0.15, -0.1) is 0 Å². The van der Waals surface area contributed by atoms with Crippen LogP contribution >= 0.6 is 0 Å². The van der Waals surface area contributed by atoms with Crippen molar-refractivity contribution in [1.29, 1.82) is 0 Å². The number of unbranched alkanes of at least 4 members (excludes halogenated alkanes) is 15. The Morgan fingerprint density at radius 3 is 1.42 bits per heavy atom. The minimum absolute atomic E-state index is 0.0448. The molecule has 0 radical (unpaired) electrons. The number of esters is 1. The summed E-state index contributed by atoms with van der Waals surface area (Å²) < 4.78 is 34.3. The van der Waals surface area contributed by atoms with Crippen LogP contribution in [0.2, 0.25) is 0 Å². The summed E-state index contributed by atoms with van der Waals surface area (Å²) in [6.07, 6.45) is 40.6. The van der Waals surface area contributed by atoms with Crippen molar-refractivity contribution in [3.05, 3.63) is 85.1 Å². The number of hydrogen-bond acceptors (Lipinski definition) is 14. The molecular weight excluding hydrogens is 921 g/mol. The van der Waals surface area contributed by atoms with E-state index in [4.69, 9.17) is 28.4 Å². The lowest BCUT2D eigenvalue weighted by molar-refractivity contribution is -0.332. The number of hydrogen-bond donors (Lipinski definition) is 7. The zero-order valence-corrected chi connectivity index (χ0v) is 44.1. The molecule has 2 saturated heterocycles. The lowest BCUT2D eigenvalue weighted by atomic mass is 9.98. The fourth-order valence-corrected chi connectivity index (χ4v) is 8.15. The number of ether oxygens (including phenoxy) is 6. The maximum Gasteiger partial charge on any atom is 0.306 e. The third-order valence-corrected chi connectivity index (χ3v) is 12.6. The summed E-state index contributed by atoms with van der Waals surface area (Å²) in [4.78, 5) is 13.1. The molecule has 414 valence electrons. The molecule has 0 amide bonds. The molecule has 7 N–H and O–H groups in total. The van der Waals surface area contributed by atoms with Gasteiger partial charge >= 0.3 is 5.97 Å². The van der Waals surface area contributed by atoms with E-state index in [2.05, 4.69) is 98.9 Å². The van der Waals surface area contributed by atoms with Crippen molar-refractivity contribution in [2.24, 2.45) is 0 Å². The van der Waals surface area contributed by atoms with E-state index in [0.717, 1.165) is 116 Å². The van der Waals surface area contributed by atoms with E-state index >= 15 is 0 Å².